The van der Waals surface area contributed by atoms with Crippen LogP contribution in [0.1, 0.15) is 41.6 Å². The molecule has 1 aromatic carbocycles. The predicted octanol–water partition coefficient (Wildman–Crippen LogP) is 2.71. The molecule has 0 saturated heterocycles. The van der Waals surface area contributed by atoms with E-state index in [-0.39, 0.29) is 6.04 Å². The van der Waals surface area contributed by atoms with Crippen molar-refractivity contribution in [2.75, 3.05) is 0 Å². The van der Waals surface area contributed by atoms with Gasteiger partial charge in [-0.3, -0.25) is 0 Å². The van der Waals surface area contributed by atoms with Gasteiger partial charge >= 0.3 is 0 Å². The summed E-state index contributed by atoms with van der Waals surface area (Å²) in [6, 6.07) is 8.37. The van der Waals surface area contributed by atoms with E-state index in [2.05, 4.69) is 47.7 Å². The highest BCUT2D eigenvalue weighted by molar-refractivity contribution is 7.05. The number of nitrogens with two attached hydrogens (primary N) is 1. The molecule has 0 aliphatic carbocycles. The fraction of sp³-hybridized carbons (Fsp3) is 0.385. The van der Waals surface area contributed by atoms with Crippen LogP contribution in [0.15, 0.2) is 24.3 Å². The second-order valence-corrected chi connectivity index (χ2v) is 4.80. The highest BCUT2D eigenvalue weighted by Gasteiger charge is 2.16. The van der Waals surface area contributed by atoms with Crippen molar-refractivity contribution in [1.82, 2.24) is 9.59 Å². The first-order valence-corrected chi connectivity index (χ1v) is 6.69. The van der Waals surface area contributed by atoms with Crippen LogP contribution < -0.4 is 5.73 Å². The van der Waals surface area contributed by atoms with E-state index in [0.717, 1.165) is 29.0 Å². The Hall–Kier alpha value is -1.26. The van der Waals surface area contributed by atoms with Gasteiger partial charge in [0.1, 0.15) is 0 Å². The van der Waals surface area contributed by atoms with Crippen molar-refractivity contribution < 1.29 is 0 Å². The van der Waals surface area contributed by atoms with Crippen LogP contribution in [-0.2, 0) is 12.8 Å². The molecule has 2 N–H and O–H groups in total. The molecular formula is C13H17N3S. The van der Waals surface area contributed by atoms with Gasteiger partial charge in [0.25, 0.3) is 0 Å². The monoisotopic (exact) mass is 247 g/mol. The van der Waals surface area contributed by atoms with Crippen molar-refractivity contribution in [3.63, 3.8) is 0 Å². The van der Waals surface area contributed by atoms with Gasteiger partial charge in [0.2, 0.25) is 0 Å². The first-order valence-electron chi connectivity index (χ1n) is 5.91. The van der Waals surface area contributed by atoms with Gasteiger partial charge in [-0.2, -0.15) is 0 Å². The lowest BCUT2D eigenvalue weighted by molar-refractivity contribution is 0.852. The van der Waals surface area contributed by atoms with Crippen LogP contribution in [0.3, 0.4) is 0 Å². The van der Waals surface area contributed by atoms with Crippen LogP contribution in [0.2, 0.25) is 0 Å². The molecule has 0 aliphatic rings. The average Bonchev–Trinajstić information content (AvgIpc) is 2.86. The van der Waals surface area contributed by atoms with Gasteiger partial charge in [0, 0.05) is 0 Å². The SMILES string of the molecule is CCc1ccc(C(N)c2snnc2CC)cc1. The van der Waals surface area contributed by atoms with E-state index < -0.39 is 0 Å². The zero-order valence-corrected chi connectivity index (χ0v) is 11.0. The molecule has 1 aromatic heterocycles. The zero-order chi connectivity index (χ0) is 12.3. The maximum atomic E-state index is 6.26. The third-order valence-corrected chi connectivity index (χ3v) is 3.80. The summed E-state index contributed by atoms with van der Waals surface area (Å²) in [5.41, 5.74) is 9.74. The lowest BCUT2D eigenvalue weighted by Crippen LogP contribution is -2.12. The molecule has 0 amide bonds. The minimum Gasteiger partial charge on any atom is -0.320 e. The summed E-state index contributed by atoms with van der Waals surface area (Å²) in [5.74, 6) is 0. The highest BCUT2D eigenvalue weighted by Crippen LogP contribution is 2.25. The Morgan fingerprint density at radius 2 is 1.88 bits per heavy atom. The third-order valence-electron chi connectivity index (χ3n) is 2.95. The molecule has 3 nitrogen and oxygen atoms in total. The van der Waals surface area contributed by atoms with Crippen LogP contribution in [-0.4, -0.2) is 9.59 Å². The molecule has 0 radical (unpaired) electrons. The lowest BCUT2D eigenvalue weighted by Gasteiger charge is -2.11. The molecule has 1 heterocycles. The molecule has 17 heavy (non-hydrogen) atoms. The van der Waals surface area contributed by atoms with Crippen LogP contribution >= 0.6 is 11.5 Å². The maximum Gasteiger partial charge on any atom is 0.0804 e. The number of hydrogen-bond acceptors (Lipinski definition) is 4. The summed E-state index contributed by atoms with van der Waals surface area (Å²) in [5, 5.41) is 4.10. The van der Waals surface area contributed by atoms with E-state index in [9.17, 15) is 0 Å². The van der Waals surface area contributed by atoms with Gasteiger partial charge < -0.3 is 5.73 Å². The quantitative estimate of drug-likeness (QED) is 0.903. The van der Waals surface area contributed by atoms with Crippen LogP contribution in [0, 0.1) is 0 Å². The maximum absolute atomic E-state index is 6.26. The summed E-state index contributed by atoms with van der Waals surface area (Å²) >= 11 is 1.40. The van der Waals surface area contributed by atoms with E-state index in [1.165, 1.54) is 17.1 Å². The fourth-order valence-electron chi connectivity index (χ4n) is 1.81. The Kier molecular flexibility index (Phi) is 3.86. The predicted molar refractivity (Wildman–Crippen MR) is 71.1 cm³/mol. The lowest BCUT2D eigenvalue weighted by atomic mass is 10.0. The Balaban J connectivity index is 2.27. The van der Waals surface area contributed by atoms with E-state index >= 15 is 0 Å². The van der Waals surface area contributed by atoms with Crippen molar-refractivity contribution in [2.45, 2.75) is 32.7 Å². The second kappa shape index (κ2) is 5.38. The van der Waals surface area contributed by atoms with Crippen molar-refractivity contribution in [2.24, 2.45) is 5.73 Å². The number of hydrogen-bond donors (Lipinski definition) is 1. The highest BCUT2D eigenvalue weighted by atomic mass is 32.1. The number of aromatic nitrogens is 2. The molecular weight excluding hydrogens is 230 g/mol. The third kappa shape index (κ3) is 2.53. The van der Waals surface area contributed by atoms with Crippen molar-refractivity contribution >= 4 is 11.5 Å². The Labute approximate surface area is 106 Å². The molecule has 0 aliphatic heterocycles. The summed E-state index contributed by atoms with van der Waals surface area (Å²) in [4.78, 5) is 1.08. The largest absolute Gasteiger partial charge is 0.320 e. The van der Waals surface area contributed by atoms with E-state index in [1.54, 1.807) is 0 Å². The molecule has 0 spiro atoms. The van der Waals surface area contributed by atoms with Gasteiger partial charge in [0.05, 0.1) is 16.6 Å². The zero-order valence-electron chi connectivity index (χ0n) is 10.2. The molecule has 1 unspecified atom stereocenters. The van der Waals surface area contributed by atoms with Crippen molar-refractivity contribution in [1.29, 1.82) is 0 Å². The first-order chi connectivity index (χ1) is 8.26. The number of aryl methyl sites for hydroxylation is 2. The Bertz CT molecular complexity index is 476. The first kappa shape index (κ1) is 12.2. The van der Waals surface area contributed by atoms with Crippen molar-refractivity contribution in [3.8, 4) is 0 Å². The summed E-state index contributed by atoms with van der Waals surface area (Å²) in [6.07, 6.45) is 1.93. The van der Waals surface area contributed by atoms with Gasteiger partial charge in [-0.15, -0.1) is 5.10 Å². The summed E-state index contributed by atoms with van der Waals surface area (Å²) in [7, 11) is 0. The standard InChI is InChI=1S/C13H17N3S/c1-3-9-5-7-10(8-6-9)12(14)13-11(4-2)15-16-17-13/h5-8,12H,3-4,14H2,1-2H3. The minimum atomic E-state index is -0.101. The topological polar surface area (TPSA) is 51.8 Å². The smallest absolute Gasteiger partial charge is 0.0804 e. The van der Waals surface area contributed by atoms with Crippen LogP contribution in [0.5, 0.6) is 0 Å². The Morgan fingerprint density at radius 3 is 2.47 bits per heavy atom. The van der Waals surface area contributed by atoms with E-state index in [1.807, 2.05) is 0 Å². The minimum absolute atomic E-state index is 0.101. The van der Waals surface area contributed by atoms with Gasteiger partial charge in [0.15, 0.2) is 0 Å². The molecule has 0 saturated carbocycles. The molecule has 2 rings (SSSR count). The van der Waals surface area contributed by atoms with Gasteiger partial charge in [-0.1, -0.05) is 42.6 Å². The molecule has 90 valence electrons. The van der Waals surface area contributed by atoms with Crippen molar-refractivity contribution in [3.05, 3.63) is 46.0 Å². The Morgan fingerprint density at radius 1 is 1.18 bits per heavy atom. The molecule has 0 fully saturated rings. The fourth-order valence-corrected chi connectivity index (χ4v) is 2.58. The van der Waals surface area contributed by atoms with E-state index in [0.29, 0.717) is 0 Å². The number of rotatable bonds is 4. The molecule has 2 aromatic rings. The normalized spacial score (nSPS) is 12.6. The summed E-state index contributed by atoms with van der Waals surface area (Å²) < 4.78 is 3.98. The molecule has 0 bridgehead atoms. The van der Waals surface area contributed by atoms with Crippen LogP contribution in [0.4, 0.5) is 0 Å². The molecule has 1 atom stereocenters. The van der Waals surface area contributed by atoms with Gasteiger partial charge in [-0.25, -0.2) is 0 Å². The van der Waals surface area contributed by atoms with Crippen LogP contribution in [0.25, 0.3) is 0 Å². The van der Waals surface area contributed by atoms with Gasteiger partial charge in [-0.05, 0) is 35.5 Å². The molecule has 4 heteroatoms. The number of nitrogens with zero attached hydrogens (tertiary/aromatic N) is 2. The average molecular weight is 247 g/mol. The van der Waals surface area contributed by atoms with E-state index in [4.69, 9.17) is 5.73 Å². The summed E-state index contributed by atoms with van der Waals surface area (Å²) in [6.45, 7) is 4.23. The number of benzene rings is 1. The second-order valence-electron chi connectivity index (χ2n) is 4.01.